The van der Waals surface area contributed by atoms with E-state index in [0.717, 1.165) is 17.9 Å². The topological polar surface area (TPSA) is 21.3 Å². The molecule has 0 bridgehead atoms. The Balaban J connectivity index is 1.98. The van der Waals surface area contributed by atoms with Crippen molar-refractivity contribution < 1.29 is 4.74 Å². The third kappa shape index (κ3) is 5.53. The number of halogens is 2. The number of nitrogens with one attached hydrogen (secondary N) is 1. The first-order valence-corrected chi connectivity index (χ1v) is 8.00. The fourth-order valence-electron chi connectivity index (χ4n) is 1.91. The molecule has 4 heteroatoms. The second-order valence-corrected chi connectivity index (χ2v) is 7.12. The molecule has 0 spiro atoms. The zero-order chi connectivity index (χ0) is 16.2. The van der Waals surface area contributed by atoms with E-state index in [2.05, 4.69) is 32.2 Å². The highest BCUT2D eigenvalue weighted by atomic mass is 35.5. The minimum absolute atomic E-state index is 0.0910. The number of hydrogen-bond donors (Lipinski definition) is 1. The van der Waals surface area contributed by atoms with Crippen molar-refractivity contribution >= 4 is 23.2 Å². The molecule has 0 atom stereocenters. The largest absolute Gasteiger partial charge is 0.489 e. The van der Waals surface area contributed by atoms with Gasteiger partial charge in [0.1, 0.15) is 12.4 Å². The van der Waals surface area contributed by atoms with Crippen LogP contribution in [-0.4, -0.2) is 5.54 Å². The summed E-state index contributed by atoms with van der Waals surface area (Å²) in [6.45, 7) is 7.68. The van der Waals surface area contributed by atoms with Crippen LogP contribution in [0.15, 0.2) is 42.5 Å². The van der Waals surface area contributed by atoms with Crippen LogP contribution in [0.25, 0.3) is 0 Å². The predicted octanol–water partition coefficient (Wildman–Crippen LogP) is 5.46. The van der Waals surface area contributed by atoms with E-state index in [0.29, 0.717) is 16.7 Å². The summed E-state index contributed by atoms with van der Waals surface area (Å²) in [7, 11) is 0. The van der Waals surface area contributed by atoms with E-state index in [1.807, 2.05) is 30.3 Å². The highest BCUT2D eigenvalue weighted by Crippen LogP contribution is 2.23. The Morgan fingerprint density at radius 3 is 2.50 bits per heavy atom. The Morgan fingerprint density at radius 1 is 1.05 bits per heavy atom. The third-order valence-corrected chi connectivity index (χ3v) is 3.72. The van der Waals surface area contributed by atoms with Gasteiger partial charge in [-0.05, 0) is 50.6 Å². The molecular weight excluding hydrogens is 317 g/mol. The number of rotatable bonds is 5. The van der Waals surface area contributed by atoms with Crippen LogP contribution in [0.1, 0.15) is 31.9 Å². The van der Waals surface area contributed by atoms with Crippen LogP contribution < -0.4 is 10.1 Å². The molecule has 0 unspecified atom stereocenters. The molecule has 0 aromatic heterocycles. The van der Waals surface area contributed by atoms with E-state index in [1.54, 1.807) is 6.07 Å². The molecule has 2 rings (SSSR count). The average molecular weight is 338 g/mol. The number of ether oxygens (including phenoxy) is 1. The maximum atomic E-state index is 6.15. The van der Waals surface area contributed by atoms with Gasteiger partial charge in [0.2, 0.25) is 0 Å². The minimum atomic E-state index is 0.0910. The van der Waals surface area contributed by atoms with Gasteiger partial charge in [-0.2, -0.15) is 0 Å². The van der Waals surface area contributed by atoms with Gasteiger partial charge >= 0.3 is 0 Å². The molecule has 2 aromatic rings. The van der Waals surface area contributed by atoms with E-state index in [1.165, 1.54) is 5.56 Å². The van der Waals surface area contributed by atoms with Crippen LogP contribution in [0, 0.1) is 0 Å². The van der Waals surface area contributed by atoms with E-state index in [9.17, 15) is 0 Å². The molecule has 0 aliphatic rings. The molecule has 0 saturated heterocycles. The van der Waals surface area contributed by atoms with Gasteiger partial charge in [0.25, 0.3) is 0 Å². The Bertz CT molecular complexity index is 635. The summed E-state index contributed by atoms with van der Waals surface area (Å²) in [5, 5.41) is 4.72. The van der Waals surface area contributed by atoms with Gasteiger partial charge in [0.05, 0.1) is 0 Å². The van der Waals surface area contributed by atoms with Gasteiger partial charge in [-0.15, -0.1) is 0 Å². The summed E-state index contributed by atoms with van der Waals surface area (Å²) in [6, 6.07) is 13.5. The monoisotopic (exact) mass is 337 g/mol. The fourth-order valence-corrected chi connectivity index (χ4v) is 2.38. The van der Waals surface area contributed by atoms with Crippen LogP contribution in [0.3, 0.4) is 0 Å². The molecule has 0 amide bonds. The van der Waals surface area contributed by atoms with Crippen LogP contribution in [0.2, 0.25) is 10.0 Å². The molecule has 0 aliphatic heterocycles. The minimum Gasteiger partial charge on any atom is -0.489 e. The maximum absolute atomic E-state index is 6.15. The highest BCUT2D eigenvalue weighted by Gasteiger charge is 2.09. The smallest absolute Gasteiger partial charge is 0.120 e. The predicted molar refractivity (Wildman–Crippen MR) is 93.8 cm³/mol. The lowest BCUT2D eigenvalue weighted by Gasteiger charge is -2.20. The number of hydrogen-bond acceptors (Lipinski definition) is 2. The summed E-state index contributed by atoms with van der Waals surface area (Å²) < 4.78 is 5.83. The Hall–Kier alpha value is -1.22. The zero-order valence-corrected chi connectivity index (χ0v) is 14.6. The van der Waals surface area contributed by atoms with E-state index in [4.69, 9.17) is 27.9 Å². The Morgan fingerprint density at radius 2 is 1.82 bits per heavy atom. The van der Waals surface area contributed by atoms with E-state index < -0.39 is 0 Å². The first kappa shape index (κ1) is 17.1. The van der Waals surface area contributed by atoms with Crippen molar-refractivity contribution in [3.8, 4) is 5.75 Å². The molecule has 2 aromatic carbocycles. The molecule has 0 radical (unpaired) electrons. The SMILES string of the molecule is CC(C)(C)NCc1cccc(OCc2ccc(Cl)cc2Cl)c1. The summed E-state index contributed by atoms with van der Waals surface area (Å²) in [5.41, 5.74) is 2.20. The van der Waals surface area contributed by atoms with Crippen LogP contribution in [-0.2, 0) is 13.2 Å². The van der Waals surface area contributed by atoms with Crippen LogP contribution in [0.4, 0.5) is 0 Å². The first-order valence-electron chi connectivity index (χ1n) is 7.24. The molecule has 22 heavy (non-hydrogen) atoms. The van der Waals surface area contributed by atoms with Crippen LogP contribution >= 0.6 is 23.2 Å². The van der Waals surface area contributed by atoms with Crippen molar-refractivity contribution in [2.75, 3.05) is 0 Å². The van der Waals surface area contributed by atoms with Gasteiger partial charge in [0, 0.05) is 27.7 Å². The van der Waals surface area contributed by atoms with Crippen molar-refractivity contribution in [1.82, 2.24) is 5.32 Å². The summed E-state index contributed by atoms with van der Waals surface area (Å²) in [4.78, 5) is 0. The first-order chi connectivity index (χ1) is 10.3. The van der Waals surface area contributed by atoms with Gasteiger partial charge in [-0.1, -0.05) is 41.4 Å². The lowest BCUT2D eigenvalue weighted by atomic mass is 10.1. The Labute approximate surface area is 142 Å². The van der Waals surface area contributed by atoms with Gasteiger partial charge in [-0.25, -0.2) is 0 Å². The summed E-state index contributed by atoms with van der Waals surface area (Å²) in [5.74, 6) is 0.833. The molecule has 0 heterocycles. The lowest BCUT2D eigenvalue weighted by Crippen LogP contribution is -2.35. The Kier molecular flexibility index (Phi) is 5.74. The van der Waals surface area contributed by atoms with Crippen molar-refractivity contribution in [1.29, 1.82) is 0 Å². The molecule has 2 nitrogen and oxygen atoms in total. The van der Waals surface area contributed by atoms with Gasteiger partial charge < -0.3 is 10.1 Å². The average Bonchev–Trinajstić information content (AvgIpc) is 2.44. The number of benzene rings is 2. The quantitative estimate of drug-likeness (QED) is 0.781. The molecule has 0 fully saturated rings. The van der Waals surface area contributed by atoms with Crippen molar-refractivity contribution in [2.45, 2.75) is 39.5 Å². The third-order valence-electron chi connectivity index (χ3n) is 3.13. The van der Waals surface area contributed by atoms with E-state index in [-0.39, 0.29) is 5.54 Å². The van der Waals surface area contributed by atoms with E-state index >= 15 is 0 Å². The second-order valence-electron chi connectivity index (χ2n) is 6.28. The normalized spacial score (nSPS) is 11.5. The van der Waals surface area contributed by atoms with Crippen LogP contribution in [0.5, 0.6) is 5.75 Å². The fraction of sp³-hybridized carbons (Fsp3) is 0.333. The molecule has 1 N–H and O–H groups in total. The van der Waals surface area contributed by atoms with Gasteiger partial charge in [-0.3, -0.25) is 0 Å². The second kappa shape index (κ2) is 7.36. The van der Waals surface area contributed by atoms with Crippen molar-refractivity contribution in [3.63, 3.8) is 0 Å². The highest BCUT2D eigenvalue weighted by molar-refractivity contribution is 6.35. The van der Waals surface area contributed by atoms with Crippen molar-refractivity contribution in [3.05, 3.63) is 63.6 Å². The molecule has 0 aliphatic carbocycles. The van der Waals surface area contributed by atoms with Crippen molar-refractivity contribution in [2.24, 2.45) is 0 Å². The molecular formula is C18H21Cl2NO. The lowest BCUT2D eigenvalue weighted by molar-refractivity contribution is 0.305. The molecule has 0 saturated carbocycles. The zero-order valence-electron chi connectivity index (χ0n) is 13.1. The summed E-state index contributed by atoms with van der Waals surface area (Å²) >= 11 is 12.0. The summed E-state index contributed by atoms with van der Waals surface area (Å²) in [6.07, 6.45) is 0. The standard InChI is InChI=1S/C18H21Cl2NO/c1-18(2,3)21-11-13-5-4-6-16(9-13)22-12-14-7-8-15(19)10-17(14)20/h4-10,21H,11-12H2,1-3H3. The molecule has 118 valence electrons. The van der Waals surface area contributed by atoms with Gasteiger partial charge in [0.15, 0.2) is 0 Å². The maximum Gasteiger partial charge on any atom is 0.120 e.